The fraction of sp³-hybridized carbons (Fsp3) is 0.0870. The molecule has 0 aliphatic carbocycles. The maximum absolute atomic E-state index is 11.9. The van der Waals surface area contributed by atoms with Gasteiger partial charge in [0, 0.05) is 17.3 Å². The average molecular weight is 401 g/mol. The lowest BCUT2D eigenvalue weighted by molar-refractivity contribution is -0.111. The van der Waals surface area contributed by atoms with Crippen LogP contribution in [0.3, 0.4) is 0 Å². The van der Waals surface area contributed by atoms with E-state index in [-0.39, 0.29) is 12.5 Å². The molecule has 0 saturated carbocycles. The standard InChI is InChI=1S/C23H19N3O4/c1-16-5-2-3-7-20(16)23-26-25-22(30-23)15-29-19-10-8-17(9-11-19)24-21(27)13-12-18-6-4-14-28-18/h2-14H,15H2,1H3,(H,24,27)/b13-12+. The van der Waals surface area contributed by atoms with E-state index in [1.165, 1.54) is 6.08 Å². The molecule has 1 N–H and O–H groups in total. The molecule has 0 radical (unpaired) electrons. The van der Waals surface area contributed by atoms with Gasteiger partial charge in [0.2, 0.25) is 11.8 Å². The van der Waals surface area contributed by atoms with Gasteiger partial charge in [-0.1, -0.05) is 18.2 Å². The number of carbonyl (C=O) groups excluding carboxylic acids is 1. The minimum atomic E-state index is -0.255. The lowest BCUT2D eigenvalue weighted by Crippen LogP contribution is -2.07. The number of aryl methyl sites for hydroxylation is 1. The normalized spacial score (nSPS) is 11.0. The summed E-state index contributed by atoms with van der Waals surface area (Å²) in [5.74, 6) is 1.82. The van der Waals surface area contributed by atoms with Crippen LogP contribution in [-0.4, -0.2) is 16.1 Å². The second kappa shape index (κ2) is 8.91. The third-order valence-corrected chi connectivity index (χ3v) is 4.27. The van der Waals surface area contributed by atoms with Gasteiger partial charge in [0.05, 0.1) is 6.26 Å². The minimum Gasteiger partial charge on any atom is -0.484 e. The van der Waals surface area contributed by atoms with E-state index in [2.05, 4.69) is 15.5 Å². The molecule has 0 bridgehead atoms. The smallest absolute Gasteiger partial charge is 0.254 e. The Hall–Kier alpha value is -4.13. The second-order valence-corrected chi connectivity index (χ2v) is 6.47. The monoisotopic (exact) mass is 401 g/mol. The molecule has 2 heterocycles. The Morgan fingerprint density at radius 3 is 2.67 bits per heavy atom. The van der Waals surface area contributed by atoms with Crippen molar-refractivity contribution >= 4 is 17.7 Å². The molecule has 0 aliphatic rings. The van der Waals surface area contributed by atoms with E-state index in [1.54, 1.807) is 48.7 Å². The van der Waals surface area contributed by atoms with E-state index < -0.39 is 0 Å². The van der Waals surface area contributed by atoms with Crippen LogP contribution in [0.15, 0.2) is 81.8 Å². The van der Waals surface area contributed by atoms with E-state index in [0.717, 1.165) is 11.1 Å². The van der Waals surface area contributed by atoms with Crippen molar-refractivity contribution in [1.29, 1.82) is 0 Å². The molecule has 1 amide bonds. The summed E-state index contributed by atoms with van der Waals surface area (Å²) >= 11 is 0. The first-order valence-corrected chi connectivity index (χ1v) is 9.31. The number of hydrogen-bond acceptors (Lipinski definition) is 6. The predicted molar refractivity (Wildman–Crippen MR) is 112 cm³/mol. The number of nitrogens with zero attached hydrogens (tertiary/aromatic N) is 2. The highest BCUT2D eigenvalue weighted by atomic mass is 16.5. The lowest BCUT2D eigenvalue weighted by Gasteiger charge is -2.06. The Labute approximate surface area is 173 Å². The molecule has 150 valence electrons. The van der Waals surface area contributed by atoms with E-state index in [1.807, 2.05) is 31.2 Å². The summed E-state index contributed by atoms with van der Waals surface area (Å²) in [7, 11) is 0. The Morgan fingerprint density at radius 1 is 1.07 bits per heavy atom. The molecule has 7 heteroatoms. The molecule has 7 nitrogen and oxygen atoms in total. The largest absolute Gasteiger partial charge is 0.484 e. The van der Waals surface area contributed by atoms with Crippen LogP contribution < -0.4 is 10.1 Å². The van der Waals surface area contributed by atoms with Crippen molar-refractivity contribution in [2.24, 2.45) is 0 Å². The number of anilines is 1. The van der Waals surface area contributed by atoms with Crippen molar-refractivity contribution in [3.05, 3.63) is 90.2 Å². The molecular weight excluding hydrogens is 382 g/mol. The number of aromatic nitrogens is 2. The summed E-state index contributed by atoms with van der Waals surface area (Å²) in [4.78, 5) is 11.9. The van der Waals surface area contributed by atoms with Gasteiger partial charge < -0.3 is 18.9 Å². The summed E-state index contributed by atoms with van der Waals surface area (Å²) in [6.07, 6.45) is 4.56. The van der Waals surface area contributed by atoms with Gasteiger partial charge in [-0.2, -0.15) is 0 Å². The van der Waals surface area contributed by atoms with Gasteiger partial charge >= 0.3 is 0 Å². The lowest BCUT2D eigenvalue weighted by atomic mass is 10.1. The van der Waals surface area contributed by atoms with Crippen molar-refractivity contribution in [2.75, 3.05) is 5.32 Å². The summed E-state index contributed by atoms with van der Waals surface area (Å²) in [5, 5.41) is 10.9. The zero-order chi connectivity index (χ0) is 20.8. The Bertz CT molecular complexity index is 1150. The molecule has 4 rings (SSSR count). The first kappa shape index (κ1) is 19.2. The van der Waals surface area contributed by atoms with Crippen LogP contribution >= 0.6 is 0 Å². The third kappa shape index (κ3) is 4.82. The zero-order valence-electron chi connectivity index (χ0n) is 16.2. The van der Waals surface area contributed by atoms with E-state index in [4.69, 9.17) is 13.6 Å². The average Bonchev–Trinajstić information content (AvgIpc) is 3.44. The Balaban J connectivity index is 1.31. The van der Waals surface area contributed by atoms with Gasteiger partial charge in [-0.05, 0) is 61.0 Å². The molecule has 0 fully saturated rings. The number of benzene rings is 2. The number of furan rings is 1. The molecule has 2 aromatic heterocycles. The third-order valence-electron chi connectivity index (χ3n) is 4.27. The highest BCUT2D eigenvalue weighted by Gasteiger charge is 2.11. The van der Waals surface area contributed by atoms with Crippen LogP contribution in [0.2, 0.25) is 0 Å². The van der Waals surface area contributed by atoms with Crippen LogP contribution in [0.1, 0.15) is 17.2 Å². The summed E-state index contributed by atoms with van der Waals surface area (Å²) in [5.41, 5.74) is 2.61. The molecule has 30 heavy (non-hydrogen) atoms. The number of rotatable bonds is 7. The molecular formula is C23H19N3O4. The Kier molecular flexibility index (Phi) is 5.70. The summed E-state index contributed by atoms with van der Waals surface area (Å²) < 4.78 is 16.5. The first-order chi connectivity index (χ1) is 14.7. The predicted octanol–water partition coefficient (Wildman–Crippen LogP) is 4.87. The molecule has 4 aromatic rings. The van der Waals surface area contributed by atoms with Crippen molar-refractivity contribution in [2.45, 2.75) is 13.5 Å². The number of hydrogen-bond donors (Lipinski definition) is 1. The van der Waals surface area contributed by atoms with E-state index in [9.17, 15) is 4.79 Å². The van der Waals surface area contributed by atoms with Gasteiger partial charge in [0.1, 0.15) is 11.5 Å². The van der Waals surface area contributed by atoms with Crippen LogP contribution in [-0.2, 0) is 11.4 Å². The molecule has 0 spiro atoms. The fourth-order valence-corrected chi connectivity index (χ4v) is 2.74. The quantitative estimate of drug-likeness (QED) is 0.444. The number of carbonyl (C=O) groups is 1. The maximum atomic E-state index is 11.9. The van der Waals surface area contributed by atoms with Gasteiger partial charge in [0.15, 0.2) is 6.61 Å². The zero-order valence-corrected chi connectivity index (χ0v) is 16.2. The van der Waals surface area contributed by atoms with Crippen molar-refractivity contribution in [1.82, 2.24) is 10.2 Å². The molecule has 0 aliphatic heterocycles. The van der Waals surface area contributed by atoms with Crippen LogP contribution in [0.5, 0.6) is 5.75 Å². The first-order valence-electron chi connectivity index (χ1n) is 9.31. The second-order valence-electron chi connectivity index (χ2n) is 6.47. The van der Waals surface area contributed by atoms with E-state index in [0.29, 0.717) is 29.0 Å². The SMILES string of the molecule is Cc1ccccc1-c1nnc(COc2ccc(NC(=O)/C=C/c3ccco3)cc2)o1. The number of nitrogens with one attached hydrogen (secondary N) is 1. The van der Waals surface area contributed by atoms with Gasteiger partial charge in [-0.3, -0.25) is 4.79 Å². The molecule has 2 aromatic carbocycles. The fourth-order valence-electron chi connectivity index (χ4n) is 2.74. The summed E-state index contributed by atoms with van der Waals surface area (Å²) in [6, 6.07) is 18.3. The van der Waals surface area contributed by atoms with Gasteiger partial charge in [0.25, 0.3) is 5.89 Å². The van der Waals surface area contributed by atoms with Crippen LogP contribution in [0.25, 0.3) is 17.5 Å². The van der Waals surface area contributed by atoms with Crippen molar-refractivity contribution in [3.63, 3.8) is 0 Å². The molecule has 0 atom stereocenters. The van der Waals surface area contributed by atoms with E-state index >= 15 is 0 Å². The maximum Gasteiger partial charge on any atom is 0.254 e. The number of ether oxygens (including phenoxy) is 1. The van der Waals surface area contributed by atoms with Crippen LogP contribution in [0, 0.1) is 6.92 Å². The Morgan fingerprint density at radius 2 is 1.90 bits per heavy atom. The highest BCUT2D eigenvalue weighted by Crippen LogP contribution is 2.22. The van der Waals surface area contributed by atoms with Gasteiger partial charge in [-0.25, -0.2) is 0 Å². The van der Waals surface area contributed by atoms with Crippen LogP contribution in [0.4, 0.5) is 5.69 Å². The highest BCUT2D eigenvalue weighted by molar-refractivity contribution is 6.01. The van der Waals surface area contributed by atoms with Gasteiger partial charge in [-0.15, -0.1) is 10.2 Å². The molecule has 0 saturated heterocycles. The topological polar surface area (TPSA) is 90.4 Å². The summed E-state index contributed by atoms with van der Waals surface area (Å²) in [6.45, 7) is 2.14. The molecule has 0 unspecified atom stereocenters. The number of amides is 1. The van der Waals surface area contributed by atoms with Crippen molar-refractivity contribution < 1.29 is 18.4 Å². The van der Waals surface area contributed by atoms with Crippen molar-refractivity contribution in [3.8, 4) is 17.2 Å². The minimum absolute atomic E-state index is 0.149.